The van der Waals surface area contributed by atoms with Crippen molar-refractivity contribution in [3.8, 4) is 5.75 Å². The van der Waals surface area contributed by atoms with Crippen LogP contribution < -0.4 is 20.7 Å². The van der Waals surface area contributed by atoms with Crippen LogP contribution in [0.25, 0.3) is 0 Å². The third-order valence-electron chi connectivity index (χ3n) is 5.07. The van der Waals surface area contributed by atoms with Gasteiger partial charge in [0.25, 0.3) is 5.91 Å². The molecule has 1 heterocycles. The van der Waals surface area contributed by atoms with E-state index in [1.54, 1.807) is 7.11 Å². The number of hydrogen-bond acceptors (Lipinski definition) is 4. The number of benzene rings is 2. The molecule has 1 atom stereocenters. The van der Waals surface area contributed by atoms with E-state index >= 15 is 0 Å². The normalized spacial score (nSPS) is 15.6. The van der Waals surface area contributed by atoms with E-state index in [0.29, 0.717) is 19.7 Å². The van der Waals surface area contributed by atoms with Crippen LogP contribution in [0.15, 0.2) is 47.5 Å². The highest BCUT2D eigenvalue weighted by atomic mass is 127. The van der Waals surface area contributed by atoms with Crippen LogP contribution in [0.5, 0.6) is 5.75 Å². The Morgan fingerprint density at radius 3 is 2.78 bits per heavy atom. The molecule has 174 valence electrons. The molecule has 1 amide bonds. The van der Waals surface area contributed by atoms with Crippen LogP contribution in [0.2, 0.25) is 0 Å². The van der Waals surface area contributed by atoms with Gasteiger partial charge in [-0.05, 0) is 56.0 Å². The fourth-order valence-electron chi connectivity index (χ4n) is 3.44. The van der Waals surface area contributed by atoms with E-state index in [2.05, 4.69) is 33.1 Å². The van der Waals surface area contributed by atoms with Gasteiger partial charge in [-0.25, -0.2) is 4.99 Å². The molecule has 0 aromatic heterocycles. The van der Waals surface area contributed by atoms with Gasteiger partial charge in [-0.1, -0.05) is 24.3 Å². The monoisotopic (exact) mass is 552 g/mol. The summed E-state index contributed by atoms with van der Waals surface area (Å²) in [6, 6.07) is 13.9. The summed E-state index contributed by atoms with van der Waals surface area (Å²) in [5, 5.41) is 9.57. The van der Waals surface area contributed by atoms with Gasteiger partial charge in [0.15, 0.2) is 5.96 Å². The second-order valence-electron chi connectivity index (χ2n) is 7.56. The van der Waals surface area contributed by atoms with Crippen LogP contribution in [-0.4, -0.2) is 38.2 Å². The van der Waals surface area contributed by atoms with Crippen molar-refractivity contribution in [1.29, 1.82) is 0 Å². The number of anilines is 1. The molecular weight excluding hydrogens is 519 g/mol. The Hall–Kier alpha value is -2.33. The zero-order valence-electron chi connectivity index (χ0n) is 18.9. The average Bonchev–Trinajstić information content (AvgIpc) is 3.32. The number of guanidine groups is 1. The molecule has 1 saturated heterocycles. The number of ether oxygens (including phenoxy) is 2. The summed E-state index contributed by atoms with van der Waals surface area (Å²) in [7, 11) is 1.68. The highest BCUT2D eigenvalue weighted by Crippen LogP contribution is 2.20. The highest BCUT2D eigenvalue weighted by molar-refractivity contribution is 14.0. The molecule has 0 aliphatic carbocycles. The maximum atomic E-state index is 12.3. The van der Waals surface area contributed by atoms with Crippen molar-refractivity contribution in [2.24, 2.45) is 4.99 Å². The molecule has 3 N–H and O–H groups in total. The van der Waals surface area contributed by atoms with E-state index in [9.17, 15) is 4.79 Å². The SMILES string of the molecule is CCNC(=NCc1cccc(NC(=O)C2CCCO2)c1)NCc1ccc(C)cc1OC.I. The minimum atomic E-state index is -0.343. The molecule has 0 bridgehead atoms. The summed E-state index contributed by atoms with van der Waals surface area (Å²) < 4.78 is 10.9. The molecular formula is C24H33IN4O3. The molecule has 7 nitrogen and oxygen atoms in total. The lowest BCUT2D eigenvalue weighted by Gasteiger charge is -2.14. The Balaban J connectivity index is 0.00000363. The first-order valence-electron chi connectivity index (χ1n) is 10.8. The van der Waals surface area contributed by atoms with Gasteiger partial charge in [-0.3, -0.25) is 4.79 Å². The van der Waals surface area contributed by atoms with E-state index in [4.69, 9.17) is 9.47 Å². The van der Waals surface area contributed by atoms with Crippen molar-refractivity contribution in [3.05, 3.63) is 59.2 Å². The fraction of sp³-hybridized carbons (Fsp3) is 0.417. The number of nitrogens with zero attached hydrogens (tertiary/aromatic N) is 1. The maximum Gasteiger partial charge on any atom is 0.253 e. The van der Waals surface area contributed by atoms with Gasteiger partial charge in [0.05, 0.1) is 13.7 Å². The minimum absolute atomic E-state index is 0. The maximum absolute atomic E-state index is 12.3. The topological polar surface area (TPSA) is 84.0 Å². The lowest BCUT2D eigenvalue weighted by molar-refractivity contribution is -0.124. The summed E-state index contributed by atoms with van der Waals surface area (Å²) in [6.07, 6.45) is 1.37. The predicted octanol–water partition coefficient (Wildman–Crippen LogP) is 3.99. The summed E-state index contributed by atoms with van der Waals surface area (Å²) in [5.74, 6) is 1.50. The molecule has 8 heteroatoms. The smallest absolute Gasteiger partial charge is 0.253 e. The molecule has 1 unspecified atom stereocenters. The van der Waals surface area contributed by atoms with E-state index in [1.165, 1.54) is 0 Å². The number of methoxy groups -OCH3 is 1. The van der Waals surface area contributed by atoms with E-state index < -0.39 is 0 Å². The molecule has 0 radical (unpaired) electrons. The summed E-state index contributed by atoms with van der Waals surface area (Å²) in [5.41, 5.74) is 4.00. The van der Waals surface area contributed by atoms with Crippen molar-refractivity contribution in [2.45, 2.75) is 45.9 Å². The average molecular weight is 552 g/mol. The Morgan fingerprint density at radius 1 is 1.22 bits per heavy atom. The Bertz CT molecular complexity index is 914. The number of aryl methyl sites for hydroxylation is 1. The van der Waals surface area contributed by atoms with Crippen LogP contribution >= 0.6 is 24.0 Å². The number of aliphatic imine (C=N–C) groups is 1. The minimum Gasteiger partial charge on any atom is -0.496 e. The van der Waals surface area contributed by atoms with Crippen molar-refractivity contribution in [2.75, 3.05) is 25.6 Å². The molecule has 2 aromatic carbocycles. The van der Waals surface area contributed by atoms with Crippen molar-refractivity contribution in [1.82, 2.24) is 10.6 Å². The van der Waals surface area contributed by atoms with E-state index in [0.717, 1.165) is 53.5 Å². The van der Waals surface area contributed by atoms with Gasteiger partial charge in [0.2, 0.25) is 0 Å². The van der Waals surface area contributed by atoms with E-state index in [1.807, 2.05) is 44.2 Å². The van der Waals surface area contributed by atoms with Crippen LogP contribution in [0.1, 0.15) is 36.5 Å². The van der Waals surface area contributed by atoms with Gasteiger partial charge in [-0.2, -0.15) is 0 Å². The van der Waals surface area contributed by atoms with Gasteiger partial charge in [0.1, 0.15) is 11.9 Å². The molecule has 0 saturated carbocycles. The van der Waals surface area contributed by atoms with Crippen molar-refractivity contribution < 1.29 is 14.3 Å². The predicted molar refractivity (Wildman–Crippen MR) is 139 cm³/mol. The van der Waals surface area contributed by atoms with Crippen LogP contribution in [-0.2, 0) is 22.6 Å². The lowest BCUT2D eigenvalue weighted by atomic mass is 10.1. The highest BCUT2D eigenvalue weighted by Gasteiger charge is 2.23. The number of nitrogens with one attached hydrogen (secondary N) is 3. The molecule has 1 aliphatic rings. The lowest BCUT2D eigenvalue weighted by Crippen LogP contribution is -2.36. The summed E-state index contributed by atoms with van der Waals surface area (Å²) in [6.45, 7) is 6.58. The molecule has 1 fully saturated rings. The van der Waals surface area contributed by atoms with Crippen LogP contribution in [0.3, 0.4) is 0 Å². The molecule has 2 aromatic rings. The first-order valence-corrected chi connectivity index (χ1v) is 10.8. The first-order chi connectivity index (χ1) is 15.1. The van der Waals surface area contributed by atoms with Gasteiger partial charge in [0, 0.05) is 30.9 Å². The molecule has 1 aliphatic heterocycles. The number of carbonyl (C=O) groups is 1. The van der Waals surface area contributed by atoms with Crippen molar-refractivity contribution in [3.63, 3.8) is 0 Å². The number of carbonyl (C=O) groups excluding carboxylic acids is 1. The Labute approximate surface area is 207 Å². The third kappa shape index (κ3) is 7.67. The van der Waals surface area contributed by atoms with Crippen LogP contribution in [0.4, 0.5) is 5.69 Å². The quantitative estimate of drug-likeness (QED) is 0.262. The largest absolute Gasteiger partial charge is 0.496 e. The van der Waals surface area contributed by atoms with E-state index in [-0.39, 0.29) is 36.0 Å². The Morgan fingerprint density at radius 2 is 2.06 bits per heavy atom. The molecule has 3 rings (SSSR count). The summed E-state index contributed by atoms with van der Waals surface area (Å²) in [4.78, 5) is 17.0. The van der Waals surface area contributed by atoms with Gasteiger partial charge < -0.3 is 25.4 Å². The second-order valence-corrected chi connectivity index (χ2v) is 7.56. The number of amides is 1. The van der Waals surface area contributed by atoms with Crippen molar-refractivity contribution >= 4 is 41.5 Å². The molecule has 0 spiro atoms. The fourth-order valence-corrected chi connectivity index (χ4v) is 3.44. The number of halogens is 1. The van der Waals surface area contributed by atoms with Crippen LogP contribution in [0, 0.1) is 6.92 Å². The first kappa shape index (κ1) is 25.9. The van der Waals surface area contributed by atoms with Gasteiger partial charge in [-0.15, -0.1) is 24.0 Å². The zero-order chi connectivity index (χ0) is 22.1. The Kier molecular flexibility index (Phi) is 10.8. The number of rotatable bonds is 8. The second kappa shape index (κ2) is 13.3. The zero-order valence-corrected chi connectivity index (χ0v) is 21.3. The summed E-state index contributed by atoms with van der Waals surface area (Å²) >= 11 is 0. The molecule has 32 heavy (non-hydrogen) atoms. The standard InChI is InChI=1S/C24H32N4O3.HI/c1-4-25-24(27-16-19-11-10-17(2)13-22(19)30-3)26-15-18-7-5-8-20(14-18)28-23(29)21-9-6-12-31-21;/h5,7-8,10-11,13-14,21H,4,6,9,12,15-16H2,1-3H3,(H,28,29)(H2,25,26,27);1H. The number of hydrogen-bond donors (Lipinski definition) is 3. The van der Waals surface area contributed by atoms with Gasteiger partial charge >= 0.3 is 0 Å². The third-order valence-corrected chi connectivity index (χ3v) is 5.07.